The van der Waals surface area contributed by atoms with E-state index in [4.69, 9.17) is 15.2 Å². The first-order chi connectivity index (χ1) is 9.11. The number of methoxy groups -OCH3 is 1. The molecule has 0 aliphatic rings. The van der Waals surface area contributed by atoms with Gasteiger partial charge in [0.05, 0.1) is 46.0 Å². The highest BCUT2D eigenvalue weighted by atomic mass is 16.5. The molecule has 0 aromatic rings. The van der Waals surface area contributed by atoms with Crippen LogP contribution in [0.2, 0.25) is 0 Å². The number of hydrogen-bond acceptors (Lipinski definition) is 6. The van der Waals surface area contributed by atoms with E-state index in [0.29, 0.717) is 39.4 Å². The maximum absolute atomic E-state index is 11.3. The minimum Gasteiger partial charge on any atom is -0.469 e. The third-order valence-electron chi connectivity index (χ3n) is 2.37. The summed E-state index contributed by atoms with van der Waals surface area (Å²) in [6.07, 6.45) is 0.849. The standard InChI is InChI=1S/C12H24N2O5/c1-3-10(13)12(16)14-5-7-19-9-8-18-6-4-11(15)17-2/h10H,3-9,13H2,1-2H3,(H,14,16). The van der Waals surface area contributed by atoms with Gasteiger partial charge in [-0.2, -0.15) is 0 Å². The fourth-order valence-electron chi connectivity index (χ4n) is 1.14. The number of ether oxygens (including phenoxy) is 3. The van der Waals surface area contributed by atoms with Crippen molar-refractivity contribution in [1.82, 2.24) is 5.32 Å². The Hall–Kier alpha value is -1.18. The average molecular weight is 276 g/mol. The molecule has 7 nitrogen and oxygen atoms in total. The van der Waals surface area contributed by atoms with Gasteiger partial charge in [-0.1, -0.05) is 6.92 Å². The summed E-state index contributed by atoms with van der Waals surface area (Å²) in [4.78, 5) is 22.0. The van der Waals surface area contributed by atoms with Crippen LogP contribution in [0.1, 0.15) is 19.8 Å². The quantitative estimate of drug-likeness (QED) is 0.387. The van der Waals surface area contributed by atoms with E-state index in [1.54, 1.807) is 0 Å². The fourth-order valence-corrected chi connectivity index (χ4v) is 1.14. The Bertz CT molecular complexity index is 261. The fraction of sp³-hybridized carbons (Fsp3) is 0.833. The molecule has 0 heterocycles. The average Bonchev–Trinajstić information content (AvgIpc) is 2.43. The number of nitrogens with two attached hydrogens (primary N) is 1. The summed E-state index contributed by atoms with van der Waals surface area (Å²) in [5, 5.41) is 2.67. The maximum atomic E-state index is 11.3. The molecular formula is C12H24N2O5. The Kier molecular flexibility index (Phi) is 11.1. The lowest BCUT2D eigenvalue weighted by Gasteiger charge is -2.10. The molecule has 0 saturated heterocycles. The zero-order valence-electron chi connectivity index (χ0n) is 11.6. The van der Waals surface area contributed by atoms with Gasteiger partial charge in [0.2, 0.25) is 5.91 Å². The Morgan fingerprint density at radius 1 is 1.16 bits per heavy atom. The first-order valence-electron chi connectivity index (χ1n) is 6.37. The van der Waals surface area contributed by atoms with Crippen LogP contribution < -0.4 is 11.1 Å². The zero-order valence-corrected chi connectivity index (χ0v) is 11.6. The summed E-state index contributed by atoms with van der Waals surface area (Å²) in [5.41, 5.74) is 5.54. The molecule has 0 fully saturated rings. The number of nitrogens with one attached hydrogen (secondary N) is 1. The number of esters is 1. The molecule has 0 saturated carbocycles. The van der Waals surface area contributed by atoms with Gasteiger partial charge in [0.15, 0.2) is 0 Å². The predicted octanol–water partition coefficient (Wildman–Crippen LogP) is -0.564. The van der Waals surface area contributed by atoms with Crippen molar-refractivity contribution in [2.45, 2.75) is 25.8 Å². The van der Waals surface area contributed by atoms with Crippen LogP contribution in [0.5, 0.6) is 0 Å². The van der Waals surface area contributed by atoms with Crippen LogP contribution in [-0.4, -0.2) is 58.0 Å². The van der Waals surface area contributed by atoms with E-state index in [9.17, 15) is 9.59 Å². The first kappa shape index (κ1) is 17.8. The second-order valence-corrected chi connectivity index (χ2v) is 3.86. The van der Waals surface area contributed by atoms with Gasteiger partial charge in [0.1, 0.15) is 0 Å². The lowest BCUT2D eigenvalue weighted by atomic mass is 10.2. The molecule has 19 heavy (non-hydrogen) atoms. The van der Waals surface area contributed by atoms with Gasteiger partial charge in [-0.3, -0.25) is 9.59 Å². The Labute approximate surface area is 113 Å². The van der Waals surface area contributed by atoms with E-state index < -0.39 is 6.04 Å². The lowest BCUT2D eigenvalue weighted by Crippen LogP contribution is -2.41. The van der Waals surface area contributed by atoms with Crippen molar-refractivity contribution >= 4 is 11.9 Å². The van der Waals surface area contributed by atoms with Gasteiger partial charge < -0.3 is 25.3 Å². The summed E-state index contributed by atoms with van der Waals surface area (Å²) in [6, 6.07) is -0.457. The van der Waals surface area contributed by atoms with Crippen molar-refractivity contribution in [3.05, 3.63) is 0 Å². The summed E-state index contributed by atoms with van der Waals surface area (Å²) < 4.78 is 14.9. The molecular weight excluding hydrogens is 252 g/mol. The van der Waals surface area contributed by atoms with Crippen LogP contribution in [0.25, 0.3) is 0 Å². The molecule has 1 atom stereocenters. The van der Waals surface area contributed by atoms with Crippen molar-refractivity contribution in [2.24, 2.45) is 5.73 Å². The highest BCUT2D eigenvalue weighted by molar-refractivity contribution is 5.81. The van der Waals surface area contributed by atoms with Gasteiger partial charge in [-0.05, 0) is 6.42 Å². The molecule has 0 aromatic heterocycles. The minimum absolute atomic E-state index is 0.166. The molecule has 0 aliphatic carbocycles. The van der Waals surface area contributed by atoms with Crippen LogP contribution >= 0.6 is 0 Å². The Morgan fingerprint density at radius 2 is 1.79 bits per heavy atom. The molecule has 112 valence electrons. The summed E-state index contributed by atoms with van der Waals surface area (Å²) >= 11 is 0. The third-order valence-corrected chi connectivity index (χ3v) is 2.37. The zero-order chi connectivity index (χ0) is 14.5. The van der Waals surface area contributed by atoms with Crippen LogP contribution in [0, 0.1) is 0 Å². The highest BCUT2D eigenvalue weighted by Gasteiger charge is 2.08. The minimum atomic E-state index is -0.457. The SMILES string of the molecule is CCC(N)C(=O)NCCOCCOCCC(=O)OC. The highest BCUT2D eigenvalue weighted by Crippen LogP contribution is 1.87. The van der Waals surface area contributed by atoms with E-state index in [1.165, 1.54) is 7.11 Å². The summed E-state index contributed by atoms with van der Waals surface area (Å²) in [5.74, 6) is -0.462. The summed E-state index contributed by atoms with van der Waals surface area (Å²) in [6.45, 7) is 3.82. The second-order valence-electron chi connectivity index (χ2n) is 3.86. The number of carbonyl (C=O) groups excluding carboxylic acids is 2. The molecule has 0 aromatic carbocycles. The smallest absolute Gasteiger partial charge is 0.307 e. The number of carbonyl (C=O) groups is 2. The summed E-state index contributed by atoms with van der Waals surface area (Å²) in [7, 11) is 1.34. The molecule has 0 spiro atoms. The Morgan fingerprint density at radius 3 is 2.37 bits per heavy atom. The van der Waals surface area contributed by atoms with Crippen LogP contribution in [-0.2, 0) is 23.8 Å². The Balaban J connectivity index is 3.23. The third kappa shape index (κ3) is 10.4. The van der Waals surface area contributed by atoms with Gasteiger partial charge in [0, 0.05) is 6.54 Å². The second kappa shape index (κ2) is 11.9. The van der Waals surface area contributed by atoms with Crippen molar-refractivity contribution in [1.29, 1.82) is 0 Å². The van der Waals surface area contributed by atoms with Gasteiger partial charge in [0.25, 0.3) is 0 Å². The molecule has 0 rings (SSSR count). The molecule has 1 amide bonds. The number of rotatable bonds is 11. The van der Waals surface area contributed by atoms with Crippen molar-refractivity contribution < 1.29 is 23.8 Å². The molecule has 0 bridgehead atoms. The van der Waals surface area contributed by atoms with Gasteiger partial charge >= 0.3 is 5.97 Å². The van der Waals surface area contributed by atoms with Crippen molar-refractivity contribution in [2.75, 3.05) is 40.1 Å². The maximum Gasteiger partial charge on any atom is 0.307 e. The van der Waals surface area contributed by atoms with E-state index in [2.05, 4.69) is 10.1 Å². The number of hydrogen-bond donors (Lipinski definition) is 2. The van der Waals surface area contributed by atoms with Gasteiger partial charge in [-0.15, -0.1) is 0 Å². The van der Waals surface area contributed by atoms with E-state index >= 15 is 0 Å². The van der Waals surface area contributed by atoms with Crippen LogP contribution in [0.3, 0.4) is 0 Å². The molecule has 7 heteroatoms. The predicted molar refractivity (Wildman–Crippen MR) is 69.5 cm³/mol. The number of amides is 1. The van der Waals surface area contributed by atoms with Crippen molar-refractivity contribution in [3.63, 3.8) is 0 Å². The lowest BCUT2D eigenvalue weighted by molar-refractivity contribution is -0.141. The van der Waals surface area contributed by atoms with Crippen LogP contribution in [0.4, 0.5) is 0 Å². The largest absolute Gasteiger partial charge is 0.469 e. The topological polar surface area (TPSA) is 99.9 Å². The van der Waals surface area contributed by atoms with Crippen LogP contribution in [0.15, 0.2) is 0 Å². The van der Waals surface area contributed by atoms with Gasteiger partial charge in [-0.25, -0.2) is 0 Å². The van der Waals surface area contributed by atoms with Crippen molar-refractivity contribution in [3.8, 4) is 0 Å². The van der Waals surface area contributed by atoms with E-state index in [1.807, 2.05) is 6.92 Å². The molecule has 0 aliphatic heterocycles. The first-order valence-corrected chi connectivity index (χ1v) is 6.37. The normalized spacial score (nSPS) is 11.9. The van der Waals surface area contributed by atoms with E-state index in [0.717, 1.165) is 0 Å². The molecule has 0 radical (unpaired) electrons. The molecule has 1 unspecified atom stereocenters. The van der Waals surface area contributed by atoms with E-state index in [-0.39, 0.29) is 18.3 Å². The molecule has 3 N–H and O–H groups in total. The monoisotopic (exact) mass is 276 g/mol.